The predicted octanol–water partition coefficient (Wildman–Crippen LogP) is 1.75. The summed E-state index contributed by atoms with van der Waals surface area (Å²) in [5.41, 5.74) is 6.19. The molecule has 3 N–H and O–H groups in total. The van der Waals surface area contributed by atoms with Crippen LogP contribution in [0, 0.1) is 0 Å². The van der Waals surface area contributed by atoms with Gasteiger partial charge in [0.1, 0.15) is 11.8 Å². The zero-order valence-corrected chi connectivity index (χ0v) is 16.5. The Morgan fingerprint density at radius 3 is 2.60 bits per heavy atom. The average molecular weight is 409 g/mol. The predicted molar refractivity (Wildman–Crippen MR) is 109 cm³/mol. The summed E-state index contributed by atoms with van der Waals surface area (Å²) >= 11 is 0. The Morgan fingerprint density at radius 2 is 1.83 bits per heavy atom. The van der Waals surface area contributed by atoms with Crippen molar-refractivity contribution < 1.29 is 23.9 Å². The molecule has 2 aromatic rings. The normalized spacial score (nSPS) is 18.7. The van der Waals surface area contributed by atoms with Crippen molar-refractivity contribution in [2.45, 2.75) is 38.1 Å². The van der Waals surface area contributed by atoms with Crippen LogP contribution in [0.2, 0.25) is 0 Å². The number of nitrogens with two attached hydrogens (primary N) is 1. The quantitative estimate of drug-likeness (QED) is 0.531. The first-order valence-electron chi connectivity index (χ1n) is 10.1. The van der Waals surface area contributed by atoms with Crippen LogP contribution in [0.15, 0.2) is 30.3 Å². The Labute approximate surface area is 173 Å². The summed E-state index contributed by atoms with van der Waals surface area (Å²) in [7, 11) is 0. The Hall–Kier alpha value is -3.26. The van der Waals surface area contributed by atoms with Gasteiger partial charge in [-0.3, -0.25) is 29.4 Å². The first kappa shape index (κ1) is 20.0. The molecule has 8 nitrogen and oxygen atoms in total. The lowest BCUT2D eigenvalue weighted by molar-refractivity contribution is -0.136. The highest BCUT2D eigenvalue weighted by Gasteiger charge is 2.42. The fourth-order valence-corrected chi connectivity index (χ4v) is 4.01. The summed E-state index contributed by atoms with van der Waals surface area (Å²) in [6, 6.07) is 7.64. The molecule has 2 aromatic carbocycles. The number of amides is 4. The lowest BCUT2D eigenvalue weighted by Crippen LogP contribution is -2.57. The number of ether oxygens (including phenoxy) is 1. The molecule has 1 unspecified atom stereocenters. The summed E-state index contributed by atoms with van der Waals surface area (Å²) < 4.78 is 5.84. The second kappa shape index (κ2) is 8.23. The molecule has 4 amide bonds. The standard InChI is InChI=1S/C22H23N3O5/c23-9-2-1-3-10-30-14-11-13-5-4-6-15-19(13)16(12-14)22(29)25(21(15)28)17-7-8-18(26)24-20(17)27/h4-6,11-12,17H,1-3,7-10,23H2,(H,24,26,27). The van der Waals surface area contributed by atoms with Gasteiger partial charge in [-0.15, -0.1) is 0 Å². The van der Waals surface area contributed by atoms with Crippen molar-refractivity contribution in [1.29, 1.82) is 0 Å². The molecule has 0 aromatic heterocycles. The number of carbonyl (C=O) groups excluding carboxylic acids is 4. The highest BCUT2D eigenvalue weighted by Crippen LogP contribution is 2.35. The third-order valence-corrected chi connectivity index (χ3v) is 5.49. The molecule has 2 heterocycles. The lowest BCUT2D eigenvalue weighted by Gasteiger charge is -2.34. The van der Waals surface area contributed by atoms with Crippen LogP contribution in [0.3, 0.4) is 0 Å². The summed E-state index contributed by atoms with van der Waals surface area (Å²) in [5, 5.41) is 3.50. The van der Waals surface area contributed by atoms with Crippen molar-refractivity contribution in [3.63, 3.8) is 0 Å². The number of carbonyl (C=O) groups is 4. The Balaban J connectivity index is 1.68. The zero-order valence-electron chi connectivity index (χ0n) is 16.5. The minimum Gasteiger partial charge on any atom is -0.494 e. The van der Waals surface area contributed by atoms with Gasteiger partial charge in [0.15, 0.2) is 0 Å². The SMILES string of the molecule is NCCCCCOc1cc2c3c(cccc3c1)C(=O)N(C1CCC(=O)NC1=O)C2=O. The van der Waals surface area contributed by atoms with E-state index in [0.717, 1.165) is 29.5 Å². The van der Waals surface area contributed by atoms with Gasteiger partial charge in [-0.2, -0.15) is 0 Å². The van der Waals surface area contributed by atoms with Gasteiger partial charge in [0.2, 0.25) is 11.8 Å². The first-order chi connectivity index (χ1) is 14.5. The fourth-order valence-electron chi connectivity index (χ4n) is 4.01. The molecule has 0 bridgehead atoms. The number of unbranched alkanes of at least 4 members (excludes halogenated alkanes) is 2. The van der Waals surface area contributed by atoms with E-state index in [9.17, 15) is 19.2 Å². The van der Waals surface area contributed by atoms with E-state index >= 15 is 0 Å². The Morgan fingerprint density at radius 1 is 1.03 bits per heavy atom. The van der Waals surface area contributed by atoms with Gasteiger partial charge in [0.05, 0.1) is 12.2 Å². The summed E-state index contributed by atoms with van der Waals surface area (Å²) in [5.74, 6) is -1.57. The smallest absolute Gasteiger partial charge is 0.262 e. The van der Waals surface area contributed by atoms with Crippen LogP contribution in [0.25, 0.3) is 10.8 Å². The number of imide groups is 2. The molecule has 0 spiro atoms. The van der Waals surface area contributed by atoms with Crippen LogP contribution in [-0.2, 0) is 9.59 Å². The monoisotopic (exact) mass is 409 g/mol. The van der Waals surface area contributed by atoms with Crippen molar-refractivity contribution >= 4 is 34.4 Å². The van der Waals surface area contributed by atoms with Crippen LogP contribution >= 0.6 is 0 Å². The molecule has 1 saturated heterocycles. The second-order valence-corrected chi connectivity index (χ2v) is 7.52. The van der Waals surface area contributed by atoms with Crippen molar-refractivity contribution in [2.24, 2.45) is 5.73 Å². The van der Waals surface area contributed by atoms with E-state index in [-0.39, 0.29) is 12.8 Å². The first-order valence-corrected chi connectivity index (χ1v) is 10.1. The van der Waals surface area contributed by atoms with E-state index in [1.165, 1.54) is 0 Å². The fraction of sp³-hybridized carbons (Fsp3) is 0.364. The van der Waals surface area contributed by atoms with Crippen LogP contribution in [0.5, 0.6) is 5.75 Å². The molecule has 4 rings (SSSR count). The van der Waals surface area contributed by atoms with E-state index in [2.05, 4.69) is 5.32 Å². The highest BCUT2D eigenvalue weighted by atomic mass is 16.5. The number of piperidine rings is 1. The van der Waals surface area contributed by atoms with Crippen molar-refractivity contribution in [3.8, 4) is 5.75 Å². The van der Waals surface area contributed by atoms with Gasteiger partial charge < -0.3 is 10.5 Å². The van der Waals surface area contributed by atoms with Gasteiger partial charge in [0, 0.05) is 17.4 Å². The third-order valence-electron chi connectivity index (χ3n) is 5.49. The number of hydrogen-bond donors (Lipinski definition) is 2. The number of benzene rings is 2. The Kier molecular flexibility index (Phi) is 5.50. The minimum absolute atomic E-state index is 0.0798. The third kappa shape index (κ3) is 3.54. The lowest BCUT2D eigenvalue weighted by atomic mass is 9.91. The molecule has 2 aliphatic rings. The molecule has 0 aliphatic carbocycles. The van der Waals surface area contributed by atoms with Gasteiger partial charge in [-0.25, -0.2) is 0 Å². The van der Waals surface area contributed by atoms with Gasteiger partial charge >= 0.3 is 0 Å². The molecule has 1 fully saturated rings. The number of nitrogens with one attached hydrogen (secondary N) is 1. The Bertz CT molecular complexity index is 1050. The van der Waals surface area contributed by atoms with E-state index in [1.807, 2.05) is 12.1 Å². The maximum Gasteiger partial charge on any atom is 0.262 e. The van der Waals surface area contributed by atoms with Crippen LogP contribution in [-0.4, -0.2) is 47.7 Å². The van der Waals surface area contributed by atoms with Crippen molar-refractivity contribution in [2.75, 3.05) is 13.2 Å². The van der Waals surface area contributed by atoms with Crippen LogP contribution in [0.4, 0.5) is 0 Å². The van der Waals surface area contributed by atoms with E-state index in [4.69, 9.17) is 10.5 Å². The van der Waals surface area contributed by atoms with Gasteiger partial charge in [-0.1, -0.05) is 12.1 Å². The summed E-state index contributed by atoms with van der Waals surface area (Å²) in [4.78, 5) is 51.2. The number of hydrogen-bond acceptors (Lipinski definition) is 6. The van der Waals surface area contributed by atoms with Crippen LogP contribution in [0.1, 0.15) is 52.8 Å². The summed E-state index contributed by atoms with van der Waals surface area (Å²) in [6.45, 7) is 1.14. The molecule has 0 radical (unpaired) electrons. The van der Waals surface area contributed by atoms with E-state index in [0.29, 0.717) is 35.4 Å². The number of nitrogens with zero attached hydrogens (tertiary/aromatic N) is 1. The van der Waals surface area contributed by atoms with E-state index < -0.39 is 29.7 Å². The largest absolute Gasteiger partial charge is 0.494 e. The zero-order chi connectivity index (χ0) is 21.3. The minimum atomic E-state index is -1.01. The average Bonchev–Trinajstić information content (AvgIpc) is 2.73. The second-order valence-electron chi connectivity index (χ2n) is 7.52. The molecule has 30 heavy (non-hydrogen) atoms. The molecule has 0 saturated carbocycles. The van der Waals surface area contributed by atoms with Gasteiger partial charge in [0.25, 0.3) is 11.8 Å². The molecule has 1 atom stereocenters. The molecular weight excluding hydrogens is 386 g/mol. The maximum atomic E-state index is 13.3. The molecule has 2 aliphatic heterocycles. The maximum absolute atomic E-state index is 13.3. The molecule has 156 valence electrons. The van der Waals surface area contributed by atoms with Gasteiger partial charge in [-0.05, 0) is 55.8 Å². The topological polar surface area (TPSA) is 119 Å². The van der Waals surface area contributed by atoms with Crippen molar-refractivity contribution in [3.05, 3.63) is 41.5 Å². The van der Waals surface area contributed by atoms with Crippen molar-refractivity contribution in [1.82, 2.24) is 10.2 Å². The van der Waals surface area contributed by atoms with Crippen LogP contribution < -0.4 is 15.8 Å². The molecule has 8 heteroatoms. The highest BCUT2D eigenvalue weighted by molar-refractivity contribution is 6.27. The van der Waals surface area contributed by atoms with E-state index in [1.54, 1.807) is 18.2 Å². The molecular formula is C22H23N3O5. The summed E-state index contributed by atoms with van der Waals surface area (Å²) in [6.07, 6.45) is 2.93. The number of rotatable bonds is 7.